The lowest BCUT2D eigenvalue weighted by Crippen LogP contribution is -2.13. The standard InChI is InChI=1S/C11H8Br2F3N3O/c1-20-10-5(13)2-4(12)9-8(10)6(19-17)3-7(18-9)11(14,15)16/h2-3H,17H2,1H3,(H,18,19). The number of nitrogens with zero attached hydrogens (tertiary/aromatic N) is 1. The summed E-state index contributed by atoms with van der Waals surface area (Å²) in [6.07, 6.45) is -4.57. The molecule has 0 atom stereocenters. The number of methoxy groups -OCH3 is 1. The first-order valence-corrected chi connectivity index (χ1v) is 6.78. The number of rotatable bonds is 2. The first kappa shape index (κ1) is 15.3. The van der Waals surface area contributed by atoms with Gasteiger partial charge in [0.1, 0.15) is 11.4 Å². The van der Waals surface area contributed by atoms with Crippen molar-refractivity contribution in [3.63, 3.8) is 0 Å². The molecule has 0 unspecified atom stereocenters. The van der Waals surface area contributed by atoms with Crippen LogP contribution in [0, 0.1) is 0 Å². The summed E-state index contributed by atoms with van der Waals surface area (Å²) in [4.78, 5) is 3.64. The van der Waals surface area contributed by atoms with Crippen molar-refractivity contribution in [1.29, 1.82) is 0 Å². The van der Waals surface area contributed by atoms with Crippen LogP contribution in [-0.2, 0) is 6.18 Å². The van der Waals surface area contributed by atoms with Crippen molar-refractivity contribution >= 4 is 48.5 Å². The Balaban J connectivity index is 2.94. The minimum atomic E-state index is -4.57. The molecular formula is C11H8Br2F3N3O. The maximum Gasteiger partial charge on any atom is 0.433 e. The number of fused-ring (bicyclic) bond motifs is 1. The van der Waals surface area contributed by atoms with Gasteiger partial charge in [-0.25, -0.2) is 4.98 Å². The van der Waals surface area contributed by atoms with Crippen LogP contribution in [0.5, 0.6) is 5.75 Å². The molecule has 0 aliphatic heterocycles. The zero-order chi connectivity index (χ0) is 15.1. The van der Waals surface area contributed by atoms with Crippen molar-refractivity contribution in [3.8, 4) is 5.75 Å². The fraction of sp³-hybridized carbons (Fsp3) is 0.182. The van der Waals surface area contributed by atoms with E-state index in [0.717, 1.165) is 6.07 Å². The topological polar surface area (TPSA) is 60.2 Å². The lowest BCUT2D eigenvalue weighted by atomic mass is 10.1. The number of hydrogen-bond acceptors (Lipinski definition) is 4. The molecule has 9 heteroatoms. The van der Waals surface area contributed by atoms with Gasteiger partial charge in [-0.05, 0) is 44.0 Å². The Kier molecular flexibility index (Phi) is 4.12. The van der Waals surface area contributed by atoms with Gasteiger partial charge in [-0.3, -0.25) is 5.84 Å². The molecule has 0 aliphatic rings. The summed E-state index contributed by atoms with van der Waals surface area (Å²) in [6, 6.07) is 2.40. The molecule has 3 N–H and O–H groups in total. The van der Waals surface area contributed by atoms with Gasteiger partial charge in [-0.2, -0.15) is 13.2 Å². The molecule has 0 saturated carbocycles. The summed E-state index contributed by atoms with van der Waals surface area (Å²) in [5, 5.41) is 0.351. The number of alkyl halides is 3. The first-order chi connectivity index (χ1) is 9.29. The largest absolute Gasteiger partial charge is 0.495 e. The van der Waals surface area contributed by atoms with Gasteiger partial charge in [0.25, 0.3) is 0 Å². The summed E-state index contributed by atoms with van der Waals surface area (Å²) in [5.41, 5.74) is 1.39. The highest BCUT2D eigenvalue weighted by Crippen LogP contribution is 2.43. The molecule has 1 aromatic heterocycles. The Morgan fingerprint density at radius 3 is 2.40 bits per heavy atom. The number of hydrogen-bond donors (Lipinski definition) is 2. The van der Waals surface area contributed by atoms with Crippen molar-refractivity contribution in [2.24, 2.45) is 5.84 Å². The molecule has 0 saturated heterocycles. The number of ether oxygens (including phenoxy) is 1. The van der Waals surface area contributed by atoms with E-state index in [2.05, 4.69) is 42.3 Å². The Labute approximate surface area is 128 Å². The van der Waals surface area contributed by atoms with Crippen molar-refractivity contribution in [3.05, 3.63) is 26.8 Å². The van der Waals surface area contributed by atoms with E-state index in [4.69, 9.17) is 10.6 Å². The number of halogens is 5. The van der Waals surface area contributed by atoms with Gasteiger partial charge in [0.15, 0.2) is 0 Å². The highest BCUT2D eigenvalue weighted by atomic mass is 79.9. The Morgan fingerprint density at radius 2 is 1.90 bits per heavy atom. The third-order valence-corrected chi connectivity index (χ3v) is 3.79. The minimum absolute atomic E-state index is 0.0705. The zero-order valence-corrected chi connectivity index (χ0v) is 13.1. The second-order valence-corrected chi connectivity index (χ2v) is 5.50. The van der Waals surface area contributed by atoms with Crippen LogP contribution in [-0.4, -0.2) is 12.1 Å². The van der Waals surface area contributed by atoms with Crippen LogP contribution >= 0.6 is 31.9 Å². The van der Waals surface area contributed by atoms with Crippen molar-refractivity contribution in [2.45, 2.75) is 6.18 Å². The number of pyridine rings is 1. The summed E-state index contributed by atoms with van der Waals surface area (Å²) in [5.74, 6) is 5.67. The van der Waals surface area contributed by atoms with Gasteiger partial charge in [-0.1, -0.05) is 0 Å². The molecular weight excluding hydrogens is 407 g/mol. The van der Waals surface area contributed by atoms with Crippen LogP contribution in [0.4, 0.5) is 18.9 Å². The summed E-state index contributed by atoms with van der Waals surface area (Å²) in [7, 11) is 1.41. The predicted octanol–water partition coefficient (Wildman–Crippen LogP) is 4.07. The maximum atomic E-state index is 12.8. The van der Waals surface area contributed by atoms with Crippen LogP contribution in [0.3, 0.4) is 0 Å². The lowest BCUT2D eigenvalue weighted by Gasteiger charge is -2.15. The van der Waals surface area contributed by atoms with Gasteiger partial charge in [0.2, 0.25) is 0 Å². The average Bonchev–Trinajstić information content (AvgIpc) is 2.37. The number of benzene rings is 1. The van der Waals surface area contributed by atoms with Crippen LogP contribution in [0.25, 0.3) is 10.9 Å². The van der Waals surface area contributed by atoms with E-state index in [0.29, 0.717) is 20.1 Å². The fourth-order valence-corrected chi connectivity index (χ4v) is 3.18. The fourth-order valence-electron chi connectivity index (χ4n) is 1.77. The Morgan fingerprint density at radius 1 is 1.25 bits per heavy atom. The molecule has 108 valence electrons. The molecule has 0 bridgehead atoms. The van der Waals surface area contributed by atoms with E-state index in [1.54, 1.807) is 6.07 Å². The number of hydrazine groups is 1. The highest BCUT2D eigenvalue weighted by Gasteiger charge is 2.34. The molecule has 4 nitrogen and oxygen atoms in total. The van der Waals surface area contributed by atoms with Crippen molar-refractivity contribution in [2.75, 3.05) is 12.5 Å². The predicted molar refractivity (Wildman–Crippen MR) is 76.5 cm³/mol. The highest BCUT2D eigenvalue weighted by molar-refractivity contribution is 9.11. The van der Waals surface area contributed by atoms with E-state index in [1.807, 2.05) is 0 Å². The normalized spacial score (nSPS) is 11.8. The Bertz CT molecular complexity index is 676. The molecule has 0 aliphatic carbocycles. The van der Waals surface area contributed by atoms with Crippen molar-refractivity contribution in [1.82, 2.24) is 4.98 Å². The third kappa shape index (κ3) is 2.57. The number of aromatic nitrogens is 1. The number of nitrogen functional groups attached to an aromatic ring is 1. The second kappa shape index (κ2) is 5.38. The van der Waals surface area contributed by atoms with E-state index in [1.165, 1.54) is 7.11 Å². The van der Waals surface area contributed by atoms with E-state index in [9.17, 15) is 13.2 Å². The number of anilines is 1. The van der Waals surface area contributed by atoms with Crippen LogP contribution in [0.1, 0.15) is 5.69 Å². The molecule has 20 heavy (non-hydrogen) atoms. The molecule has 0 fully saturated rings. The molecule has 0 spiro atoms. The molecule has 1 aromatic carbocycles. The molecule has 1 heterocycles. The molecule has 0 radical (unpaired) electrons. The molecule has 2 aromatic rings. The van der Waals surface area contributed by atoms with E-state index in [-0.39, 0.29) is 11.2 Å². The molecule has 2 rings (SSSR count). The van der Waals surface area contributed by atoms with Crippen LogP contribution < -0.4 is 16.0 Å². The first-order valence-electron chi connectivity index (χ1n) is 5.20. The van der Waals surface area contributed by atoms with Crippen molar-refractivity contribution < 1.29 is 17.9 Å². The van der Waals surface area contributed by atoms with Gasteiger partial charge < -0.3 is 10.2 Å². The third-order valence-electron chi connectivity index (χ3n) is 2.59. The van der Waals surface area contributed by atoms with Crippen LogP contribution in [0.15, 0.2) is 21.1 Å². The van der Waals surface area contributed by atoms with Gasteiger partial charge in [0, 0.05) is 4.47 Å². The Hall–Kier alpha value is -1.06. The maximum absolute atomic E-state index is 12.8. The monoisotopic (exact) mass is 413 g/mol. The minimum Gasteiger partial charge on any atom is -0.495 e. The van der Waals surface area contributed by atoms with Gasteiger partial charge >= 0.3 is 6.18 Å². The van der Waals surface area contributed by atoms with Crippen LogP contribution in [0.2, 0.25) is 0 Å². The van der Waals surface area contributed by atoms with Gasteiger partial charge in [0.05, 0.1) is 28.2 Å². The van der Waals surface area contributed by atoms with Gasteiger partial charge in [-0.15, -0.1) is 0 Å². The van der Waals surface area contributed by atoms with E-state index >= 15 is 0 Å². The van der Waals surface area contributed by atoms with E-state index < -0.39 is 11.9 Å². The quantitative estimate of drug-likeness (QED) is 0.574. The smallest absolute Gasteiger partial charge is 0.433 e. The number of nitrogens with two attached hydrogens (primary N) is 1. The summed E-state index contributed by atoms with van der Waals surface area (Å²) in [6.45, 7) is 0. The summed E-state index contributed by atoms with van der Waals surface area (Å²) < 4.78 is 44.7. The molecule has 0 amide bonds. The summed E-state index contributed by atoms with van der Waals surface area (Å²) >= 11 is 6.47. The second-order valence-electron chi connectivity index (χ2n) is 3.79. The average molecular weight is 415 g/mol. The SMILES string of the molecule is COc1c(Br)cc(Br)c2nc(C(F)(F)F)cc(NN)c12. The zero-order valence-electron chi connectivity index (χ0n) is 9.98. The number of nitrogens with one attached hydrogen (secondary N) is 1. The lowest BCUT2D eigenvalue weighted by molar-refractivity contribution is -0.140.